The van der Waals surface area contributed by atoms with Crippen molar-refractivity contribution in [2.45, 2.75) is 26.0 Å². The van der Waals surface area contributed by atoms with E-state index in [9.17, 15) is 5.11 Å². The van der Waals surface area contributed by atoms with Crippen molar-refractivity contribution in [3.05, 3.63) is 29.6 Å². The summed E-state index contributed by atoms with van der Waals surface area (Å²) in [6.45, 7) is 4.89. The zero-order valence-electron chi connectivity index (χ0n) is 12.0. The second kappa shape index (κ2) is 8.94. The highest BCUT2D eigenvalue weighted by atomic mass is 35.5. The number of nitrogens with one attached hydrogen (secondary N) is 1. The average Bonchev–Trinajstić information content (AvgIpc) is 2.97. The SMILES string of the molecule is CC(C)NCC(O)COc1ccc(-c2csnn2)cc1.Cl. The summed E-state index contributed by atoms with van der Waals surface area (Å²) in [5, 5.41) is 18.8. The molecule has 1 aromatic carbocycles. The van der Waals surface area contributed by atoms with Crippen LogP contribution < -0.4 is 10.1 Å². The maximum absolute atomic E-state index is 9.76. The van der Waals surface area contributed by atoms with Crippen molar-refractivity contribution in [3.8, 4) is 17.0 Å². The normalized spacial score (nSPS) is 12.0. The summed E-state index contributed by atoms with van der Waals surface area (Å²) in [5.41, 5.74) is 1.87. The quantitative estimate of drug-likeness (QED) is 0.816. The van der Waals surface area contributed by atoms with Crippen molar-refractivity contribution in [2.75, 3.05) is 13.2 Å². The summed E-state index contributed by atoms with van der Waals surface area (Å²) in [7, 11) is 0. The van der Waals surface area contributed by atoms with E-state index in [4.69, 9.17) is 4.74 Å². The summed E-state index contributed by atoms with van der Waals surface area (Å²) in [5.74, 6) is 0.737. The van der Waals surface area contributed by atoms with Gasteiger partial charge in [-0.3, -0.25) is 0 Å². The molecule has 1 aromatic heterocycles. The standard InChI is InChI=1S/C14H19N3O2S.ClH/c1-10(2)15-7-12(18)8-19-13-5-3-11(4-6-13)14-9-20-17-16-14;/h3-6,9-10,12,15,18H,7-8H2,1-2H3;1H. The zero-order valence-corrected chi connectivity index (χ0v) is 13.7. The Balaban J connectivity index is 0.00000220. The van der Waals surface area contributed by atoms with Crippen LogP contribution in [0.4, 0.5) is 0 Å². The van der Waals surface area contributed by atoms with Gasteiger partial charge >= 0.3 is 0 Å². The molecule has 1 heterocycles. The molecule has 1 atom stereocenters. The third kappa shape index (κ3) is 5.97. The lowest BCUT2D eigenvalue weighted by Crippen LogP contribution is -2.35. The predicted octanol–water partition coefficient (Wildman–Crippen LogP) is 2.36. The molecule has 0 amide bonds. The number of ether oxygens (including phenoxy) is 1. The molecule has 0 aliphatic rings. The van der Waals surface area contributed by atoms with Crippen molar-refractivity contribution < 1.29 is 9.84 Å². The Hall–Kier alpha value is -1.21. The van der Waals surface area contributed by atoms with Crippen LogP contribution in [-0.2, 0) is 0 Å². The molecule has 2 rings (SSSR count). The lowest BCUT2D eigenvalue weighted by Gasteiger charge is -2.15. The first-order valence-corrected chi connectivity index (χ1v) is 7.40. The van der Waals surface area contributed by atoms with Crippen molar-refractivity contribution in [3.63, 3.8) is 0 Å². The fourth-order valence-corrected chi connectivity index (χ4v) is 2.10. The number of hydrogen-bond acceptors (Lipinski definition) is 6. The molecule has 0 fully saturated rings. The summed E-state index contributed by atoms with van der Waals surface area (Å²) >= 11 is 1.33. The van der Waals surface area contributed by atoms with E-state index < -0.39 is 6.10 Å². The van der Waals surface area contributed by atoms with Gasteiger partial charge in [0.2, 0.25) is 0 Å². The van der Waals surface area contributed by atoms with Crippen LogP contribution in [0.2, 0.25) is 0 Å². The van der Waals surface area contributed by atoms with E-state index in [0.29, 0.717) is 12.6 Å². The van der Waals surface area contributed by atoms with Crippen molar-refractivity contribution >= 4 is 23.9 Å². The molecule has 0 saturated carbocycles. The fourth-order valence-electron chi connectivity index (χ4n) is 1.64. The molecule has 0 saturated heterocycles. The minimum Gasteiger partial charge on any atom is -0.491 e. The molecule has 5 nitrogen and oxygen atoms in total. The Labute approximate surface area is 134 Å². The van der Waals surface area contributed by atoms with Gasteiger partial charge in [0.05, 0.1) is 0 Å². The van der Waals surface area contributed by atoms with E-state index in [-0.39, 0.29) is 19.0 Å². The van der Waals surface area contributed by atoms with E-state index in [2.05, 4.69) is 14.9 Å². The van der Waals surface area contributed by atoms with Crippen LogP contribution in [0.5, 0.6) is 5.75 Å². The molecule has 0 spiro atoms. The van der Waals surface area contributed by atoms with E-state index in [1.165, 1.54) is 11.5 Å². The molecule has 1 unspecified atom stereocenters. The molecular weight excluding hydrogens is 310 g/mol. The first kappa shape index (κ1) is 17.8. The molecule has 0 bridgehead atoms. The monoisotopic (exact) mass is 329 g/mol. The molecule has 2 N–H and O–H groups in total. The van der Waals surface area contributed by atoms with Gasteiger partial charge in [0, 0.05) is 23.5 Å². The van der Waals surface area contributed by atoms with Gasteiger partial charge < -0.3 is 15.2 Å². The lowest BCUT2D eigenvalue weighted by molar-refractivity contribution is 0.104. The Bertz CT molecular complexity index is 505. The van der Waals surface area contributed by atoms with Gasteiger partial charge in [-0.2, -0.15) is 0 Å². The number of aliphatic hydroxyl groups excluding tert-OH is 1. The maximum atomic E-state index is 9.76. The Kier molecular flexibility index (Phi) is 7.60. The van der Waals surface area contributed by atoms with Gasteiger partial charge in [0.1, 0.15) is 24.2 Å². The van der Waals surface area contributed by atoms with Crippen LogP contribution in [0.1, 0.15) is 13.8 Å². The summed E-state index contributed by atoms with van der Waals surface area (Å²) in [4.78, 5) is 0. The minimum atomic E-state index is -0.514. The van der Waals surface area contributed by atoms with E-state index in [1.54, 1.807) is 0 Å². The van der Waals surface area contributed by atoms with Crippen LogP contribution in [0, 0.1) is 0 Å². The van der Waals surface area contributed by atoms with Crippen molar-refractivity contribution in [1.29, 1.82) is 0 Å². The van der Waals surface area contributed by atoms with E-state index in [1.807, 2.05) is 43.5 Å². The average molecular weight is 330 g/mol. The number of benzene rings is 1. The van der Waals surface area contributed by atoms with Gasteiger partial charge in [-0.1, -0.05) is 18.3 Å². The summed E-state index contributed by atoms with van der Waals surface area (Å²) < 4.78 is 9.38. The lowest BCUT2D eigenvalue weighted by atomic mass is 10.2. The topological polar surface area (TPSA) is 67.3 Å². The van der Waals surface area contributed by atoms with Gasteiger partial charge in [-0.05, 0) is 35.8 Å². The van der Waals surface area contributed by atoms with Crippen molar-refractivity contribution in [2.24, 2.45) is 0 Å². The van der Waals surface area contributed by atoms with Gasteiger partial charge in [-0.15, -0.1) is 17.5 Å². The predicted molar refractivity (Wildman–Crippen MR) is 87.2 cm³/mol. The highest BCUT2D eigenvalue weighted by Crippen LogP contribution is 2.21. The fraction of sp³-hybridized carbons (Fsp3) is 0.429. The zero-order chi connectivity index (χ0) is 14.4. The van der Waals surface area contributed by atoms with E-state index >= 15 is 0 Å². The first-order chi connectivity index (χ1) is 9.65. The molecule has 2 aromatic rings. The van der Waals surface area contributed by atoms with Gasteiger partial charge in [0.15, 0.2) is 0 Å². The molecule has 0 radical (unpaired) electrons. The van der Waals surface area contributed by atoms with Crippen LogP contribution in [0.3, 0.4) is 0 Å². The smallest absolute Gasteiger partial charge is 0.119 e. The Morgan fingerprint density at radius 3 is 2.57 bits per heavy atom. The van der Waals surface area contributed by atoms with Crippen LogP contribution in [-0.4, -0.2) is 40.0 Å². The van der Waals surface area contributed by atoms with Crippen LogP contribution in [0.25, 0.3) is 11.3 Å². The highest BCUT2D eigenvalue weighted by Gasteiger charge is 2.06. The van der Waals surface area contributed by atoms with Crippen LogP contribution >= 0.6 is 23.9 Å². The Morgan fingerprint density at radius 1 is 1.29 bits per heavy atom. The molecule has 116 valence electrons. The number of rotatable bonds is 7. The van der Waals surface area contributed by atoms with Crippen LogP contribution in [0.15, 0.2) is 29.6 Å². The van der Waals surface area contributed by atoms with E-state index in [0.717, 1.165) is 17.0 Å². The third-order valence-corrected chi connectivity index (χ3v) is 3.22. The number of halogens is 1. The molecule has 0 aliphatic carbocycles. The molecule has 7 heteroatoms. The number of aliphatic hydroxyl groups is 1. The number of nitrogens with zero attached hydrogens (tertiary/aromatic N) is 2. The molecular formula is C14H20ClN3O2S. The Morgan fingerprint density at radius 2 is 2.00 bits per heavy atom. The maximum Gasteiger partial charge on any atom is 0.119 e. The highest BCUT2D eigenvalue weighted by molar-refractivity contribution is 7.03. The second-order valence-electron chi connectivity index (χ2n) is 4.84. The summed E-state index contributed by atoms with van der Waals surface area (Å²) in [6, 6.07) is 7.97. The second-order valence-corrected chi connectivity index (χ2v) is 5.45. The first-order valence-electron chi connectivity index (χ1n) is 6.57. The molecule has 0 aliphatic heterocycles. The minimum absolute atomic E-state index is 0. The summed E-state index contributed by atoms with van der Waals surface area (Å²) in [6.07, 6.45) is -0.514. The number of hydrogen-bond donors (Lipinski definition) is 2. The van der Waals surface area contributed by atoms with Crippen molar-refractivity contribution in [1.82, 2.24) is 14.9 Å². The van der Waals surface area contributed by atoms with Gasteiger partial charge in [-0.25, -0.2) is 0 Å². The third-order valence-electron chi connectivity index (χ3n) is 2.71. The van der Waals surface area contributed by atoms with Gasteiger partial charge in [0.25, 0.3) is 0 Å². The molecule has 21 heavy (non-hydrogen) atoms. The number of aromatic nitrogens is 2. The largest absolute Gasteiger partial charge is 0.491 e.